The second kappa shape index (κ2) is 9.63. The molecule has 1 fully saturated rings. The number of nitrogens with zero attached hydrogens (tertiary/aromatic N) is 1. The predicted molar refractivity (Wildman–Crippen MR) is 129 cm³/mol. The Morgan fingerprint density at radius 1 is 1.06 bits per heavy atom. The Labute approximate surface area is 192 Å². The second-order valence-electron chi connectivity index (χ2n) is 7.77. The third-order valence-corrected chi connectivity index (χ3v) is 5.88. The molecule has 2 heterocycles. The van der Waals surface area contributed by atoms with E-state index in [-0.39, 0.29) is 5.91 Å². The Morgan fingerprint density at radius 3 is 2.52 bits per heavy atom. The van der Waals surface area contributed by atoms with Gasteiger partial charge in [-0.15, -0.1) is 0 Å². The number of furan rings is 1. The lowest BCUT2D eigenvalue weighted by Gasteiger charge is -2.35. The summed E-state index contributed by atoms with van der Waals surface area (Å²) in [5, 5.41) is 3.96. The molecule has 0 unspecified atom stereocenters. The van der Waals surface area contributed by atoms with Crippen LogP contribution in [0, 0.1) is 0 Å². The van der Waals surface area contributed by atoms with Gasteiger partial charge in [0.15, 0.2) is 0 Å². The number of halogens is 2. The Kier molecular flexibility index (Phi) is 6.69. The molecule has 0 radical (unpaired) electrons. The van der Waals surface area contributed by atoms with Gasteiger partial charge < -0.3 is 14.6 Å². The lowest BCUT2D eigenvalue weighted by molar-refractivity contribution is -0.111. The van der Waals surface area contributed by atoms with E-state index in [1.54, 1.807) is 30.3 Å². The zero-order valence-corrected chi connectivity index (χ0v) is 18.8. The summed E-state index contributed by atoms with van der Waals surface area (Å²) in [6.07, 6.45) is 6.83. The quantitative estimate of drug-likeness (QED) is 0.411. The van der Waals surface area contributed by atoms with Gasteiger partial charge in [-0.3, -0.25) is 4.79 Å². The first-order valence-electron chi connectivity index (χ1n) is 10.4. The minimum absolute atomic E-state index is 0.220. The van der Waals surface area contributed by atoms with Crippen molar-refractivity contribution in [2.75, 3.05) is 16.8 Å². The molecule has 6 heteroatoms. The van der Waals surface area contributed by atoms with Crippen molar-refractivity contribution in [1.29, 1.82) is 0 Å². The Balaban J connectivity index is 1.37. The van der Waals surface area contributed by atoms with Crippen molar-refractivity contribution in [3.8, 4) is 11.3 Å². The van der Waals surface area contributed by atoms with E-state index < -0.39 is 0 Å². The van der Waals surface area contributed by atoms with Gasteiger partial charge in [-0.1, -0.05) is 23.2 Å². The second-order valence-corrected chi connectivity index (χ2v) is 8.64. The number of carbonyl (C=O) groups excluding carboxylic acids is 1. The molecule has 31 heavy (non-hydrogen) atoms. The fraction of sp³-hybridized carbons (Fsp3) is 0.240. The highest BCUT2D eigenvalue weighted by Gasteiger charge is 2.18. The van der Waals surface area contributed by atoms with Gasteiger partial charge in [0.2, 0.25) is 5.91 Å². The van der Waals surface area contributed by atoms with Crippen molar-refractivity contribution in [2.45, 2.75) is 32.2 Å². The molecule has 1 aliphatic rings. The molecule has 1 N–H and O–H groups in total. The number of piperidine rings is 1. The number of carbonyl (C=O) groups is 1. The van der Waals surface area contributed by atoms with Gasteiger partial charge in [-0.25, -0.2) is 0 Å². The van der Waals surface area contributed by atoms with Crippen LogP contribution < -0.4 is 10.2 Å². The van der Waals surface area contributed by atoms with Crippen molar-refractivity contribution in [3.05, 3.63) is 76.5 Å². The van der Waals surface area contributed by atoms with Crippen LogP contribution in [0.2, 0.25) is 10.0 Å². The number of benzene rings is 2. The van der Waals surface area contributed by atoms with Gasteiger partial charge in [0.05, 0.1) is 0 Å². The summed E-state index contributed by atoms with van der Waals surface area (Å²) in [4.78, 5) is 14.7. The summed E-state index contributed by atoms with van der Waals surface area (Å²) in [6.45, 7) is 3.35. The van der Waals surface area contributed by atoms with Crippen LogP contribution in [0.4, 0.5) is 11.4 Å². The first kappa shape index (κ1) is 21.5. The minimum atomic E-state index is -0.220. The average Bonchev–Trinajstić information content (AvgIpc) is 3.22. The number of anilines is 2. The van der Waals surface area contributed by atoms with Gasteiger partial charge in [-0.2, -0.15) is 0 Å². The molecule has 0 bridgehead atoms. The molecule has 4 rings (SSSR count). The average molecular weight is 455 g/mol. The third-order valence-electron chi connectivity index (χ3n) is 5.44. The number of rotatable bonds is 5. The molecule has 3 aromatic rings. The Bertz CT molecular complexity index is 1070. The molecule has 4 nitrogen and oxygen atoms in total. The highest BCUT2D eigenvalue weighted by Crippen LogP contribution is 2.29. The number of amides is 1. The van der Waals surface area contributed by atoms with Crippen LogP contribution >= 0.6 is 23.2 Å². The molecule has 1 aromatic heterocycles. The van der Waals surface area contributed by atoms with Gasteiger partial charge in [-0.05, 0) is 86.9 Å². The fourth-order valence-corrected chi connectivity index (χ4v) is 4.38. The van der Waals surface area contributed by atoms with Gasteiger partial charge in [0.1, 0.15) is 11.5 Å². The maximum absolute atomic E-state index is 12.3. The van der Waals surface area contributed by atoms with E-state index >= 15 is 0 Å². The summed E-state index contributed by atoms with van der Waals surface area (Å²) in [7, 11) is 0. The van der Waals surface area contributed by atoms with Crippen LogP contribution in [0.15, 0.2) is 65.1 Å². The smallest absolute Gasteiger partial charge is 0.248 e. The van der Waals surface area contributed by atoms with Gasteiger partial charge >= 0.3 is 0 Å². The van der Waals surface area contributed by atoms with E-state index in [4.69, 9.17) is 27.6 Å². The largest absolute Gasteiger partial charge is 0.457 e. The van der Waals surface area contributed by atoms with E-state index in [1.165, 1.54) is 31.0 Å². The number of nitrogens with one attached hydrogen (secondary N) is 1. The van der Waals surface area contributed by atoms with Crippen molar-refractivity contribution in [2.24, 2.45) is 0 Å². The maximum atomic E-state index is 12.3. The van der Waals surface area contributed by atoms with Crippen LogP contribution in [0.3, 0.4) is 0 Å². The summed E-state index contributed by atoms with van der Waals surface area (Å²) >= 11 is 12.1. The summed E-state index contributed by atoms with van der Waals surface area (Å²) < 4.78 is 5.78. The van der Waals surface area contributed by atoms with Crippen LogP contribution in [-0.4, -0.2) is 18.5 Å². The zero-order chi connectivity index (χ0) is 21.8. The molecular weight excluding hydrogens is 431 g/mol. The summed E-state index contributed by atoms with van der Waals surface area (Å²) in [5.41, 5.74) is 2.74. The molecule has 1 atom stereocenters. The fourth-order valence-electron chi connectivity index (χ4n) is 3.85. The van der Waals surface area contributed by atoms with Crippen molar-refractivity contribution in [3.63, 3.8) is 0 Å². The van der Waals surface area contributed by atoms with Crippen LogP contribution in [0.5, 0.6) is 0 Å². The Hall–Kier alpha value is -2.69. The van der Waals surface area contributed by atoms with E-state index in [9.17, 15) is 4.79 Å². The van der Waals surface area contributed by atoms with Crippen LogP contribution in [0.1, 0.15) is 31.9 Å². The highest BCUT2D eigenvalue weighted by molar-refractivity contribution is 6.35. The highest BCUT2D eigenvalue weighted by atomic mass is 35.5. The predicted octanol–water partition coefficient (Wildman–Crippen LogP) is 7.28. The first-order chi connectivity index (χ1) is 15.0. The van der Waals surface area contributed by atoms with E-state index in [2.05, 4.69) is 29.3 Å². The van der Waals surface area contributed by atoms with Crippen LogP contribution in [-0.2, 0) is 4.79 Å². The molecule has 1 aliphatic heterocycles. The normalized spacial score (nSPS) is 16.6. The molecule has 0 saturated carbocycles. The number of hydrogen-bond donors (Lipinski definition) is 1. The molecule has 160 valence electrons. The number of hydrogen-bond acceptors (Lipinski definition) is 3. The summed E-state index contributed by atoms with van der Waals surface area (Å²) in [6, 6.07) is 17.4. The monoisotopic (exact) mass is 454 g/mol. The topological polar surface area (TPSA) is 45.5 Å². The first-order valence-corrected chi connectivity index (χ1v) is 11.2. The van der Waals surface area contributed by atoms with Gasteiger partial charge in [0, 0.05) is 45.6 Å². The zero-order valence-electron chi connectivity index (χ0n) is 17.3. The molecular formula is C25H24Cl2N2O2. The van der Waals surface area contributed by atoms with E-state index in [0.29, 0.717) is 27.6 Å². The third kappa shape index (κ3) is 5.52. The van der Waals surface area contributed by atoms with E-state index in [0.717, 1.165) is 17.8 Å². The standard InChI is InChI=1S/C25H24Cl2N2O2/c1-17-4-2-3-13-29(17)22-7-5-21(6-8-22)28-25(30)12-10-23-9-11-24(31-23)18-14-19(26)16-20(27)15-18/h5-12,14-17H,2-4,13H2,1H3,(H,28,30)/b12-10+/t17-/m0/s1. The van der Waals surface area contributed by atoms with Crippen molar-refractivity contribution in [1.82, 2.24) is 0 Å². The lowest BCUT2D eigenvalue weighted by Crippen LogP contribution is -2.37. The van der Waals surface area contributed by atoms with Crippen LogP contribution in [0.25, 0.3) is 17.4 Å². The minimum Gasteiger partial charge on any atom is -0.457 e. The lowest BCUT2D eigenvalue weighted by atomic mass is 10.0. The Morgan fingerprint density at radius 2 is 1.81 bits per heavy atom. The molecule has 1 saturated heterocycles. The van der Waals surface area contributed by atoms with E-state index in [1.807, 2.05) is 18.2 Å². The van der Waals surface area contributed by atoms with Crippen molar-refractivity contribution < 1.29 is 9.21 Å². The molecule has 1 amide bonds. The molecule has 2 aromatic carbocycles. The SMILES string of the molecule is C[C@H]1CCCCN1c1ccc(NC(=O)/C=C/c2ccc(-c3cc(Cl)cc(Cl)c3)o2)cc1. The van der Waals surface area contributed by atoms with Gasteiger partial charge in [0.25, 0.3) is 0 Å². The summed E-state index contributed by atoms with van der Waals surface area (Å²) in [5.74, 6) is 0.977. The maximum Gasteiger partial charge on any atom is 0.248 e. The molecule has 0 aliphatic carbocycles. The molecule has 0 spiro atoms. The van der Waals surface area contributed by atoms with Crippen molar-refractivity contribution >= 4 is 46.6 Å².